The summed E-state index contributed by atoms with van der Waals surface area (Å²) in [7, 11) is -3.34. The van der Waals surface area contributed by atoms with E-state index >= 15 is 0 Å². The maximum absolute atomic E-state index is 12.2. The van der Waals surface area contributed by atoms with Gasteiger partial charge in [0.2, 0.25) is 5.91 Å². The number of amides is 1. The SMILES string of the molecule is CS(=O)(=O)C1(C(=O)NC2CCCc3cn[nH]c32)CC1. The molecule has 1 saturated carbocycles. The average Bonchev–Trinajstić information content (AvgIpc) is 3.02. The van der Waals surface area contributed by atoms with Crippen molar-refractivity contribution < 1.29 is 13.2 Å². The van der Waals surface area contributed by atoms with E-state index in [0.717, 1.165) is 36.8 Å². The van der Waals surface area contributed by atoms with E-state index in [1.165, 1.54) is 0 Å². The number of sulfone groups is 1. The molecule has 2 aliphatic carbocycles. The zero-order chi connectivity index (χ0) is 13.7. The van der Waals surface area contributed by atoms with E-state index in [2.05, 4.69) is 15.5 Å². The highest BCUT2D eigenvalue weighted by Gasteiger charge is 2.59. The van der Waals surface area contributed by atoms with Crippen molar-refractivity contribution in [3.8, 4) is 0 Å². The molecule has 1 aromatic heterocycles. The molecule has 0 spiro atoms. The Morgan fingerprint density at radius 2 is 2.26 bits per heavy atom. The molecule has 0 aromatic carbocycles. The number of nitrogens with zero attached hydrogens (tertiary/aromatic N) is 1. The topological polar surface area (TPSA) is 91.9 Å². The van der Waals surface area contributed by atoms with Gasteiger partial charge in [-0.15, -0.1) is 0 Å². The summed E-state index contributed by atoms with van der Waals surface area (Å²) in [5.74, 6) is -0.359. The van der Waals surface area contributed by atoms with Crippen molar-refractivity contribution >= 4 is 15.7 Å². The second-order valence-electron chi connectivity index (χ2n) is 5.49. The van der Waals surface area contributed by atoms with Crippen LogP contribution in [0.15, 0.2) is 6.20 Å². The number of aromatic nitrogens is 2. The first kappa shape index (κ1) is 12.7. The number of carbonyl (C=O) groups excluding carboxylic acids is 1. The standard InChI is InChI=1S/C12H17N3O3S/c1-19(17,18)12(5-6-12)11(16)14-9-4-2-3-8-7-13-15-10(8)9/h7,9H,2-6H2,1H3,(H,13,15)(H,14,16). The molecule has 1 amide bonds. The van der Waals surface area contributed by atoms with Crippen molar-refractivity contribution in [1.82, 2.24) is 15.5 Å². The normalized spacial score (nSPS) is 24.6. The Bertz CT molecular complexity index is 616. The highest BCUT2D eigenvalue weighted by molar-refractivity contribution is 7.93. The number of aryl methyl sites for hydroxylation is 1. The summed E-state index contributed by atoms with van der Waals surface area (Å²) in [5, 5.41) is 9.78. The van der Waals surface area contributed by atoms with Gasteiger partial charge in [-0.2, -0.15) is 5.10 Å². The molecule has 1 heterocycles. The van der Waals surface area contributed by atoms with Crippen LogP contribution in [0.4, 0.5) is 0 Å². The van der Waals surface area contributed by atoms with Crippen LogP contribution in [0.3, 0.4) is 0 Å². The Hall–Kier alpha value is -1.37. The highest BCUT2D eigenvalue weighted by Crippen LogP contribution is 2.44. The van der Waals surface area contributed by atoms with Gasteiger partial charge in [0.05, 0.1) is 17.9 Å². The first-order chi connectivity index (χ1) is 8.94. The van der Waals surface area contributed by atoms with E-state index in [1.807, 2.05) is 0 Å². The third-order valence-corrected chi connectivity index (χ3v) is 6.18. The third kappa shape index (κ3) is 1.96. The summed E-state index contributed by atoms with van der Waals surface area (Å²) in [5.41, 5.74) is 2.03. The first-order valence-electron chi connectivity index (χ1n) is 6.47. The minimum atomic E-state index is -3.34. The van der Waals surface area contributed by atoms with Gasteiger partial charge < -0.3 is 5.32 Å². The molecule has 19 heavy (non-hydrogen) atoms. The molecule has 1 unspecified atom stereocenters. The van der Waals surface area contributed by atoms with Crippen LogP contribution in [0.25, 0.3) is 0 Å². The van der Waals surface area contributed by atoms with Gasteiger partial charge >= 0.3 is 0 Å². The average molecular weight is 283 g/mol. The van der Waals surface area contributed by atoms with Crippen molar-refractivity contribution in [3.63, 3.8) is 0 Å². The van der Waals surface area contributed by atoms with Crippen LogP contribution < -0.4 is 5.32 Å². The van der Waals surface area contributed by atoms with E-state index < -0.39 is 14.6 Å². The fourth-order valence-electron chi connectivity index (χ4n) is 2.78. The van der Waals surface area contributed by atoms with Gasteiger partial charge in [-0.1, -0.05) is 0 Å². The van der Waals surface area contributed by atoms with E-state index in [1.54, 1.807) is 6.20 Å². The molecule has 1 fully saturated rings. The maximum atomic E-state index is 12.2. The van der Waals surface area contributed by atoms with Gasteiger partial charge in [-0.05, 0) is 37.7 Å². The van der Waals surface area contributed by atoms with E-state index in [9.17, 15) is 13.2 Å². The van der Waals surface area contributed by atoms with E-state index in [0.29, 0.717) is 12.8 Å². The highest BCUT2D eigenvalue weighted by atomic mass is 32.2. The van der Waals surface area contributed by atoms with Gasteiger partial charge in [-0.3, -0.25) is 9.89 Å². The lowest BCUT2D eigenvalue weighted by atomic mass is 9.93. The number of aromatic amines is 1. The monoisotopic (exact) mass is 283 g/mol. The van der Waals surface area contributed by atoms with Crippen LogP contribution in [0, 0.1) is 0 Å². The number of hydrogen-bond donors (Lipinski definition) is 2. The molecule has 104 valence electrons. The molecule has 1 atom stereocenters. The van der Waals surface area contributed by atoms with Crippen molar-refractivity contribution in [2.45, 2.75) is 42.9 Å². The minimum Gasteiger partial charge on any atom is -0.346 e. The molecule has 7 heteroatoms. The third-order valence-electron chi connectivity index (χ3n) is 4.17. The fourth-order valence-corrected chi connectivity index (χ4v) is 4.02. The summed E-state index contributed by atoms with van der Waals surface area (Å²) < 4.78 is 22.3. The summed E-state index contributed by atoms with van der Waals surface area (Å²) >= 11 is 0. The van der Waals surface area contributed by atoms with Crippen molar-refractivity contribution in [2.75, 3.05) is 6.26 Å². The molecule has 0 radical (unpaired) electrons. The smallest absolute Gasteiger partial charge is 0.241 e. The predicted molar refractivity (Wildman–Crippen MR) is 69.2 cm³/mol. The minimum absolute atomic E-state index is 0.141. The molecular weight excluding hydrogens is 266 g/mol. The van der Waals surface area contributed by atoms with Gasteiger partial charge in [-0.25, -0.2) is 8.42 Å². The number of H-pyrrole nitrogens is 1. The lowest BCUT2D eigenvalue weighted by molar-refractivity contribution is -0.122. The molecule has 2 N–H and O–H groups in total. The Morgan fingerprint density at radius 3 is 2.89 bits per heavy atom. The van der Waals surface area contributed by atoms with E-state index in [-0.39, 0.29) is 11.9 Å². The first-order valence-corrected chi connectivity index (χ1v) is 8.36. The van der Waals surface area contributed by atoms with Crippen molar-refractivity contribution in [2.24, 2.45) is 0 Å². The van der Waals surface area contributed by atoms with Crippen LogP contribution >= 0.6 is 0 Å². The van der Waals surface area contributed by atoms with Gasteiger partial charge in [0, 0.05) is 6.26 Å². The van der Waals surface area contributed by atoms with Gasteiger partial charge in [0.25, 0.3) is 0 Å². The van der Waals surface area contributed by atoms with Crippen molar-refractivity contribution in [1.29, 1.82) is 0 Å². The molecule has 3 rings (SSSR count). The number of fused-ring (bicyclic) bond motifs is 1. The second-order valence-corrected chi connectivity index (χ2v) is 7.82. The van der Waals surface area contributed by atoms with E-state index in [4.69, 9.17) is 0 Å². The van der Waals surface area contributed by atoms with Crippen LogP contribution in [-0.4, -0.2) is 35.5 Å². The van der Waals surface area contributed by atoms with Crippen LogP contribution in [0.2, 0.25) is 0 Å². The molecule has 0 bridgehead atoms. The molecule has 2 aliphatic rings. The van der Waals surface area contributed by atoms with Gasteiger partial charge in [0.1, 0.15) is 0 Å². The molecule has 0 aliphatic heterocycles. The summed E-state index contributed by atoms with van der Waals surface area (Å²) in [6.45, 7) is 0. The fraction of sp³-hybridized carbons (Fsp3) is 0.667. The zero-order valence-electron chi connectivity index (χ0n) is 10.8. The summed E-state index contributed by atoms with van der Waals surface area (Å²) in [6.07, 6.45) is 6.53. The summed E-state index contributed by atoms with van der Waals surface area (Å²) in [6, 6.07) is -0.141. The quantitative estimate of drug-likeness (QED) is 0.844. The van der Waals surface area contributed by atoms with Crippen LogP contribution in [0.5, 0.6) is 0 Å². The Labute approximate surface area is 111 Å². The van der Waals surface area contributed by atoms with Crippen LogP contribution in [0.1, 0.15) is 43.0 Å². The lowest BCUT2D eigenvalue weighted by Crippen LogP contribution is -2.43. The number of hydrogen-bond acceptors (Lipinski definition) is 4. The number of carbonyl (C=O) groups is 1. The Kier molecular flexibility index (Phi) is 2.70. The lowest BCUT2D eigenvalue weighted by Gasteiger charge is -2.25. The summed E-state index contributed by atoms with van der Waals surface area (Å²) in [4.78, 5) is 12.2. The maximum Gasteiger partial charge on any atom is 0.241 e. The Morgan fingerprint density at radius 1 is 1.53 bits per heavy atom. The number of rotatable bonds is 3. The van der Waals surface area contributed by atoms with Gasteiger partial charge in [0.15, 0.2) is 14.6 Å². The largest absolute Gasteiger partial charge is 0.346 e. The van der Waals surface area contributed by atoms with Crippen molar-refractivity contribution in [3.05, 3.63) is 17.5 Å². The molecule has 1 aromatic rings. The van der Waals surface area contributed by atoms with Crippen LogP contribution in [-0.2, 0) is 21.1 Å². The number of nitrogens with one attached hydrogen (secondary N) is 2. The predicted octanol–water partition coefficient (Wildman–Crippen LogP) is 0.480. The molecular formula is C12H17N3O3S. The second kappa shape index (κ2) is 4.06. The molecule has 0 saturated heterocycles. The Balaban J connectivity index is 1.80. The zero-order valence-corrected chi connectivity index (χ0v) is 11.6. The molecule has 6 nitrogen and oxygen atoms in total.